The van der Waals surface area contributed by atoms with Gasteiger partial charge < -0.3 is 13.9 Å². The Hall–Kier alpha value is -3.22. The largest absolute Gasteiger partial charge is 0.490 e. The highest BCUT2D eigenvalue weighted by Crippen LogP contribution is 2.40. The topological polar surface area (TPSA) is 48.7 Å². The third-order valence-electron chi connectivity index (χ3n) is 5.88. The molecule has 194 valence electrons. The Morgan fingerprint density at radius 1 is 1.11 bits per heavy atom. The number of benzene rings is 2. The van der Waals surface area contributed by atoms with Crippen LogP contribution in [0.5, 0.6) is 5.75 Å². The van der Waals surface area contributed by atoms with E-state index in [4.69, 9.17) is 13.9 Å². The highest BCUT2D eigenvalue weighted by Gasteiger charge is 2.35. The Kier molecular flexibility index (Phi) is 8.54. The minimum atomic E-state index is -4.50. The molecular formula is C29H33F3O4. The van der Waals surface area contributed by atoms with Gasteiger partial charge in [-0.25, -0.2) is 4.79 Å². The number of fused-ring (bicyclic) bond motifs is 1. The fourth-order valence-corrected chi connectivity index (χ4v) is 4.31. The summed E-state index contributed by atoms with van der Waals surface area (Å²) in [6, 6.07) is 11.2. The second-order valence-electron chi connectivity index (χ2n) is 9.66. The van der Waals surface area contributed by atoms with Crippen molar-refractivity contribution in [2.75, 3.05) is 0 Å². The van der Waals surface area contributed by atoms with Crippen LogP contribution in [0, 0.1) is 0 Å². The van der Waals surface area contributed by atoms with Gasteiger partial charge in [-0.05, 0) is 63.4 Å². The van der Waals surface area contributed by atoms with Crippen molar-refractivity contribution in [3.05, 3.63) is 66.2 Å². The number of ether oxygens (including phenoxy) is 2. The number of carbonyl (C=O) groups is 1. The van der Waals surface area contributed by atoms with Crippen LogP contribution in [-0.2, 0) is 22.1 Å². The second kappa shape index (κ2) is 11.2. The molecule has 0 bridgehead atoms. The van der Waals surface area contributed by atoms with E-state index in [1.807, 2.05) is 6.92 Å². The molecule has 3 aromatic rings. The van der Waals surface area contributed by atoms with Gasteiger partial charge >= 0.3 is 12.1 Å². The average Bonchev–Trinajstić information content (AvgIpc) is 3.21. The maximum absolute atomic E-state index is 13.9. The molecule has 0 N–H and O–H groups in total. The van der Waals surface area contributed by atoms with E-state index >= 15 is 0 Å². The first-order valence-corrected chi connectivity index (χ1v) is 12.2. The summed E-state index contributed by atoms with van der Waals surface area (Å²) in [5.74, 6) is 0.146. The average molecular weight is 503 g/mol. The van der Waals surface area contributed by atoms with Gasteiger partial charge in [0.25, 0.3) is 0 Å². The maximum Gasteiger partial charge on any atom is 0.417 e. The molecule has 36 heavy (non-hydrogen) atoms. The van der Waals surface area contributed by atoms with Crippen LogP contribution in [0.15, 0.2) is 59.5 Å². The van der Waals surface area contributed by atoms with Gasteiger partial charge in [-0.2, -0.15) is 13.2 Å². The SMILES string of the molecule is C=CC(=O)OC(C)(C)CC(C)Oc1ccc2cc(-c3ccc(CCCCC)cc3C(F)(F)F)oc2c1. The smallest absolute Gasteiger partial charge is 0.417 e. The highest BCUT2D eigenvalue weighted by atomic mass is 19.4. The van der Waals surface area contributed by atoms with Crippen molar-refractivity contribution in [3.63, 3.8) is 0 Å². The number of unbranched alkanes of at least 4 members (excludes halogenated alkanes) is 2. The zero-order valence-electron chi connectivity index (χ0n) is 21.2. The normalized spacial score (nSPS) is 13.0. The third kappa shape index (κ3) is 7.15. The summed E-state index contributed by atoms with van der Waals surface area (Å²) in [7, 11) is 0. The summed E-state index contributed by atoms with van der Waals surface area (Å²) in [6.07, 6.45) is 0.184. The molecule has 0 fully saturated rings. The maximum atomic E-state index is 13.9. The molecule has 0 aliphatic heterocycles. The van der Waals surface area contributed by atoms with Crippen molar-refractivity contribution in [2.24, 2.45) is 0 Å². The minimum absolute atomic E-state index is 0.0135. The number of hydrogen-bond acceptors (Lipinski definition) is 4. The van der Waals surface area contributed by atoms with Crippen molar-refractivity contribution < 1.29 is 31.9 Å². The van der Waals surface area contributed by atoms with Gasteiger partial charge in [-0.3, -0.25) is 0 Å². The van der Waals surface area contributed by atoms with Crippen LogP contribution in [0.2, 0.25) is 0 Å². The van der Waals surface area contributed by atoms with E-state index in [0.29, 0.717) is 35.1 Å². The van der Waals surface area contributed by atoms with E-state index in [1.165, 1.54) is 12.1 Å². The summed E-state index contributed by atoms with van der Waals surface area (Å²) in [6.45, 7) is 10.9. The molecule has 1 aromatic heterocycles. The Balaban J connectivity index is 1.82. The lowest BCUT2D eigenvalue weighted by molar-refractivity contribution is -0.152. The lowest BCUT2D eigenvalue weighted by atomic mass is 9.98. The zero-order chi connectivity index (χ0) is 26.5. The molecule has 0 spiro atoms. The van der Waals surface area contributed by atoms with Gasteiger partial charge in [-0.15, -0.1) is 0 Å². The number of alkyl halides is 3. The summed E-state index contributed by atoms with van der Waals surface area (Å²) in [4.78, 5) is 11.5. The fourth-order valence-electron chi connectivity index (χ4n) is 4.31. The van der Waals surface area contributed by atoms with Crippen LogP contribution in [0.25, 0.3) is 22.3 Å². The molecule has 0 amide bonds. The lowest BCUT2D eigenvalue weighted by Crippen LogP contribution is -2.33. The molecular weight excluding hydrogens is 469 g/mol. The third-order valence-corrected chi connectivity index (χ3v) is 5.88. The van der Waals surface area contributed by atoms with E-state index in [-0.39, 0.29) is 17.4 Å². The van der Waals surface area contributed by atoms with Crippen LogP contribution in [0.1, 0.15) is 64.5 Å². The van der Waals surface area contributed by atoms with Crippen molar-refractivity contribution in [1.82, 2.24) is 0 Å². The number of rotatable bonds is 11. The molecule has 1 heterocycles. The first-order chi connectivity index (χ1) is 16.9. The Morgan fingerprint density at radius 3 is 2.53 bits per heavy atom. The van der Waals surface area contributed by atoms with Gasteiger partial charge in [0.15, 0.2) is 0 Å². The molecule has 0 aliphatic rings. The van der Waals surface area contributed by atoms with Crippen LogP contribution in [0.4, 0.5) is 13.2 Å². The molecule has 3 rings (SSSR count). The number of carbonyl (C=O) groups excluding carboxylic acids is 1. The van der Waals surface area contributed by atoms with Crippen LogP contribution in [-0.4, -0.2) is 17.7 Å². The van der Waals surface area contributed by atoms with Crippen molar-refractivity contribution >= 4 is 16.9 Å². The molecule has 2 aromatic carbocycles. The molecule has 1 unspecified atom stereocenters. The van der Waals surface area contributed by atoms with E-state index in [0.717, 1.165) is 25.3 Å². The fraction of sp³-hybridized carbons (Fsp3) is 0.414. The van der Waals surface area contributed by atoms with E-state index < -0.39 is 23.3 Å². The predicted molar refractivity (Wildman–Crippen MR) is 135 cm³/mol. The summed E-state index contributed by atoms with van der Waals surface area (Å²) < 4.78 is 58.9. The van der Waals surface area contributed by atoms with Gasteiger partial charge in [0.05, 0.1) is 11.7 Å². The number of furan rings is 1. The Labute approximate surface area is 210 Å². The van der Waals surface area contributed by atoms with Crippen LogP contribution < -0.4 is 4.74 Å². The minimum Gasteiger partial charge on any atom is -0.490 e. The number of hydrogen-bond donors (Lipinski definition) is 0. The molecule has 7 heteroatoms. The molecule has 4 nitrogen and oxygen atoms in total. The number of aryl methyl sites for hydroxylation is 1. The Bertz CT molecular complexity index is 1210. The van der Waals surface area contributed by atoms with Crippen LogP contribution >= 0.6 is 0 Å². The quantitative estimate of drug-likeness (QED) is 0.150. The molecule has 0 saturated carbocycles. The van der Waals surface area contributed by atoms with E-state index in [9.17, 15) is 18.0 Å². The van der Waals surface area contributed by atoms with Crippen LogP contribution in [0.3, 0.4) is 0 Å². The first-order valence-electron chi connectivity index (χ1n) is 12.2. The van der Waals surface area contributed by atoms with Crippen molar-refractivity contribution in [3.8, 4) is 17.1 Å². The number of halogens is 3. The molecule has 1 atom stereocenters. The summed E-state index contributed by atoms with van der Waals surface area (Å²) in [5.41, 5.74) is -0.353. The molecule has 0 aliphatic carbocycles. The summed E-state index contributed by atoms with van der Waals surface area (Å²) in [5, 5.41) is 0.672. The van der Waals surface area contributed by atoms with E-state index in [1.54, 1.807) is 44.2 Å². The monoisotopic (exact) mass is 502 g/mol. The molecule has 0 radical (unpaired) electrons. The number of esters is 1. The van der Waals surface area contributed by atoms with Crippen molar-refractivity contribution in [1.29, 1.82) is 0 Å². The standard InChI is InChI=1S/C29H33F3O4/c1-6-8-9-10-20-11-14-23(24(15-20)29(30,31)32)26-16-21-12-13-22(17-25(21)35-26)34-19(3)18-28(4,5)36-27(33)7-2/h7,11-17,19H,2,6,8-10,18H2,1,3-5H3. The van der Waals surface area contributed by atoms with Gasteiger partial charge in [0, 0.05) is 29.5 Å². The Morgan fingerprint density at radius 2 is 1.86 bits per heavy atom. The van der Waals surface area contributed by atoms with Gasteiger partial charge in [-0.1, -0.05) is 38.5 Å². The van der Waals surface area contributed by atoms with Gasteiger partial charge in [0.1, 0.15) is 22.7 Å². The van der Waals surface area contributed by atoms with E-state index in [2.05, 4.69) is 13.5 Å². The summed E-state index contributed by atoms with van der Waals surface area (Å²) >= 11 is 0. The predicted octanol–water partition coefficient (Wildman–Crippen LogP) is 8.52. The zero-order valence-corrected chi connectivity index (χ0v) is 21.2. The van der Waals surface area contributed by atoms with Crippen molar-refractivity contribution in [2.45, 2.75) is 77.7 Å². The second-order valence-corrected chi connectivity index (χ2v) is 9.66. The highest BCUT2D eigenvalue weighted by molar-refractivity contribution is 5.84. The van der Waals surface area contributed by atoms with Gasteiger partial charge in [0.2, 0.25) is 0 Å². The first kappa shape index (κ1) is 27.4. The molecule has 0 saturated heterocycles. The lowest BCUT2D eigenvalue weighted by Gasteiger charge is -2.28.